The van der Waals surface area contributed by atoms with E-state index in [2.05, 4.69) is 5.32 Å². The second-order valence-corrected chi connectivity index (χ2v) is 4.76. The first-order valence-corrected chi connectivity index (χ1v) is 6.48. The van der Waals surface area contributed by atoms with Crippen LogP contribution in [0.3, 0.4) is 0 Å². The zero-order valence-corrected chi connectivity index (χ0v) is 11.8. The lowest BCUT2D eigenvalue weighted by Gasteiger charge is -2.14. The molecule has 4 nitrogen and oxygen atoms in total. The third-order valence-corrected chi connectivity index (χ3v) is 3.11. The van der Waals surface area contributed by atoms with Crippen LogP contribution in [-0.2, 0) is 6.54 Å². The fourth-order valence-electron chi connectivity index (χ4n) is 1.94. The van der Waals surface area contributed by atoms with E-state index in [0.29, 0.717) is 12.1 Å². The van der Waals surface area contributed by atoms with E-state index in [0.717, 1.165) is 16.9 Å². The molecule has 3 N–H and O–H groups in total. The molecule has 0 aliphatic heterocycles. The summed E-state index contributed by atoms with van der Waals surface area (Å²) in [4.78, 5) is 14.2. The third kappa shape index (κ3) is 3.16. The van der Waals surface area contributed by atoms with Gasteiger partial charge in [-0.2, -0.15) is 0 Å². The highest BCUT2D eigenvalue weighted by Gasteiger charge is 2.09. The average Bonchev–Trinajstić information content (AvgIpc) is 2.48. The molecule has 0 radical (unpaired) electrons. The molecule has 0 fully saturated rings. The number of amides is 1. The zero-order chi connectivity index (χ0) is 14.5. The van der Waals surface area contributed by atoms with Gasteiger partial charge in [0.1, 0.15) is 0 Å². The summed E-state index contributed by atoms with van der Waals surface area (Å²) in [5, 5.41) is 2.91. The van der Waals surface area contributed by atoms with Crippen molar-refractivity contribution in [2.75, 3.05) is 24.3 Å². The van der Waals surface area contributed by atoms with Gasteiger partial charge in [-0.1, -0.05) is 24.3 Å². The van der Waals surface area contributed by atoms with Gasteiger partial charge in [0.15, 0.2) is 0 Å². The van der Waals surface area contributed by atoms with Crippen molar-refractivity contribution >= 4 is 17.3 Å². The van der Waals surface area contributed by atoms with Crippen molar-refractivity contribution in [3.63, 3.8) is 0 Å². The van der Waals surface area contributed by atoms with Crippen molar-refractivity contribution < 1.29 is 4.79 Å². The summed E-state index contributed by atoms with van der Waals surface area (Å²) in [7, 11) is 3.89. The van der Waals surface area contributed by atoms with Crippen LogP contribution in [-0.4, -0.2) is 20.0 Å². The summed E-state index contributed by atoms with van der Waals surface area (Å²) in [6.45, 7) is 0.397. The van der Waals surface area contributed by atoms with Gasteiger partial charge in [-0.15, -0.1) is 0 Å². The number of benzene rings is 2. The Bertz CT molecular complexity index is 608. The molecule has 0 bridgehead atoms. The van der Waals surface area contributed by atoms with Crippen LogP contribution in [0.15, 0.2) is 48.5 Å². The van der Waals surface area contributed by atoms with Crippen LogP contribution in [0.1, 0.15) is 15.9 Å². The molecular formula is C16H19N3O. The average molecular weight is 269 g/mol. The first-order valence-electron chi connectivity index (χ1n) is 6.48. The third-order valence-electron chi connectivity index (χ3n) is 3.11. The lowest BCUT2D eigenvalue weighted by atomic mass is 10.1. The molecule has 0 unspecified atom stereocenters. The second kappa shape index (κ2) is 6.21. The van der Waals surface area contributed by atoms with Crippen molar-refractivity contribution in [1.82, 2.24) is 0 Å². The number of nitrogens with one attached hydrogen (secondary N) is 1. The smallest absolute Gasteiger partial charge is 0.255 e. The van der Waals surface area contributed by atoms with Crippen molar-refractivity contribution in [3.8, 4) is 0 Å². The molecular weight excluding hydrogens is 250 g/mol. The van der Waals surface area contributed by atoms with Crippen molar-refractivity contribution in [3.05, 3.63) is 59.7 Å². The fraction of sp³-hybridized carbons (Fsp3) is 0.188. The lowest BCUT2D eigenvalue weighted by Crippen LogP contribution is -2.15. The quantitative estimate of drug-likeness (QED) is 0.896. The molecule has 2 aromatic carbocycles. The number of carbonyl (C=O) groups is 1. The predicted molar refractivity (Wildman–Crippen MR) is 83.1 cm³/mol. The summed E-state index contributed by atoms with van der Waals surface area (Å²) in [5.74, 6) is -0.130. The Balaban J connectivity index is 2.22. The standard InChI is InChI=1S/C16H19N3O/c1-19(2)14-8-5-7-12(10-14)16(20)18-15-9-4-3-6-13(15)11-17/h3-10H,11,17H2,1-2H3,(H,18,20). The predicted octanol–water partition coefficient (Wildman–Crippen LogP) is 2.46. The van der Waals surface area contributed by atoms with E-state index in [1.165, 1.54) is 0 Å². The summed E-state index contributed by atoms with van der Waals surface area (Å²) < 4.78 is 0. The number of para-hydroxylation sites is 1. The molecule has 0 saturated carbocycles. The van der Waals surface area contributed by atoms with E-state index in [9.17, 15) is 4.79 Å². The van der Waals surface area contributed by atoms with E-state index >= 15 is 0 Å². The first-order chi connectivity index (χ1) is 9.61. The minimum Gasteiger partial charge on any atom is -0.378 e. The van der Waals surface area contributed by atoms with Crippen LogP contribution < -0.4 is 16.0 Å². The number of hydrogen-bond donors (Lipinski definition) is 2. The Labute approximate surface area is 119 Å². The van der Waals surface area contributed by atoms with Gasteiger partial charge in [0.05, 0.1) is 0 Å². The van der Waals surface area contributed by atoms with Crippen LogP contribution in [0.2, 0.25) is 0 Å². The van der Waals surface area contributed by atoms with E-state index in [-0.39, 0.29) is 5.91 Å². The van der Waals surface area contributed by atoms with Crippen LogP contribution in [0.4, 0.5) is 11.4 Å². The summed E-state index contributed by atoms with van der Waals surface area (Å²) in [6.07, 6.45) is 0. The van der Waals surface area contributed by atoms with Crippen LogP contribution in [0, 0.1) is 0 Å². The monoisotopic (exact) mass is 269 g/mol. The van der Waals surface area contributed by atoms with Crippen molar-refractivity contribution in [1.29, 1.82) is 0 Å². The van der Waals surface area contributed by atoms with E-state index in [4.69, 9.17) is 5.73 Å². The summed E-state index contributed by atoms with van der Waals surface area (Å²) in [5.41, 5.74) is 8.97. The topological polar surface area (TPSA) is 58.4 Å². The Kier molecular flexibility index (Phi) is 4.38. The Hall–Kier alpha value is -2.33. The number of rotatable bonds is 4. The summed E-state index contributed by atoms with van der Waals surface area (Å²) in [6, 6.07) is 15.1. The van der Waals surface area contributed by atoms with Gasteiger partial charge in [0, 0.05) is 37.6 Å². The normalized spacial score (nSPS) is 10.2. The summed E-state index contributed by atoms with van der Waals surface area (Å²) >= 11 is 0. The maximum absolute atomic E-state index is 12.3. The number of carbonyl (C=O) groups excluding carboxylic acids is 1. The fourth-order valence-corrected chi connectivity index (χ4v) is 1.94. The Morgan fingerprint density at radius 2 is 1.90 bits per heavy atom. The molecule has 0 spiro atoms. The van der Waals surface area contributed by atoms with Gasteiger partial charge in [-0.05, 0) is 29.8 Å². The maximum Gasteiger partial charge on any atom is 0.255 e. The molecule has 2 aromatic rings. The first kappa shape index (κ1) is 14.1. The number of nitrogens with zero attached hydrogens (tertiary/aromatic N) is 1. The second-order valence-electron chi connectivity index (χ2n) is 4.76. The van der Waals surface area contributed by atoms with Gasteiger partial charge in [0.25, 0.3) is 5.91 Å². The molecule has 2 rings (SSSR count). The minimum absolute atomic E-state index is 0.130. The van der Waals surface area contributed by atoms with E-state index in [1.54, 1.807) is 6.07 Å². The minimum atomic E-state index is -0.130. The Morgan fingerprint density at radius 3 is 2.60 bits per heavy atom. The molecule has 0 aliphatic rings. The maximum atomic E-state index is 12.3. The van der Waals surface area contributed by atoms with Gasteiger partial charge >= 0.3 is 0 Å². The molecule has 20 heavy (non-hydrogen) atoms. The Morgan fingerprint density at radius 1 is 1.15 bits per heavy atom. The highest BCUT2D eigenvalue weighted by Crippen LogP contribution is 2.18. The highest BCUT2D eigenvalue weighted by molar-refractivity contribution is 6.05. The highest BCUT2D eigenvalue weighted by atomic mass is 16.1. The van der Waals surface area contributed by atoms with Gasteiger partial charge in [-0.25, -0.2) is 0 Å². The number of anilines is 2. The molecule has 0 aromatic heterocycles. The molecule has 0 heterocycles. The molecule has 0 aliphatic carbocycles. The molecule has 4 heteroatoms. The lowest BCUT2D eigenvalue weighted by molar-refractivity contribution is 0.102. The molecule has 0 saturated heterocycles. The largest absolute Gasteiger partial charge is 0.378 e. The zero-order valence-electron chi connectivity index (χ0n) is 11.8. The van der Waals surface area contributed by atoms with Crippen LogP contribution >= 0.6 is 0 Å². The molecule has 104 valence electrons. The van der Waals surface area contributed by atoms with Crippen molar-refractivity contribution in [2.45, 2.75) is 6.54 Å². The number of hydrogen-bond acceptors (Lipinski definition) is 3. The number of nitrogens with two attached hydrogens (primary N) is 1. The van der Waals surface area contributed by atoms with Gasteiger partial charge < -0.3 is 16.0 Å². The van der Waals surface area contributed by atoms with E-state index in [1.807, 2.05) is 61.5 Å². The van der Waals surface area contributed by atoms with E-state index < -0.39 is 0 Å². The van der Waals surface area contributed by atoms with Crippen LogP contribution in [0.5, 0.6) is 0 Å². The molecule has 0 atom stereocenters. The van der Waals surface area contributed by atoms with Crippen molar-refractivity contribution in [2.24, 2.45) is 5.73 Å². The van der Waals surface area contributed by atoms with Gasteiger partial charge in [0.2, 0.25) is 0 Å². The van der Waals surface area contributed by atoms with Gasteiger partial charge in [-0.3, -0.25) is 4.79 Å². The molecule has 1 amide bonds. The SMILES string of the molecule is CN(C)c1cccc(C(=O)Nc2ccccc2CN)c1. The van der Waals surface area contributed by atoms with Crippen LogP contribution in [0.25, 0.3) is 0 Å².